The number of hydrogen-bond donors (Lipinski definition) is 1. The van der Waals surface area contributed by atoms with Crippen LogP contribution in [0.25, 0.3) is 0 Å². The second-order valence-corrected chi connectivity index (χ2v) is 5.02. The van der Waals surface area contributed by atoms with E-state index in [0.29, 0.717) is 25.3 Å². The number of fused-ring (bicyclic) bond motifs is 1. The Hall–Kier alpha value is -1.39. The molecule has 0 aliphatic carbocycles. The predicted molar refractivity (Wildman–Crippen MR) is 66.1 cm³/mol. The summed E-state index contributed by atoms with van der Waals surface area (Å²) in [5.74, 6) is 0.0171. The molecule has 4 heteroatoms. The molecule has 1 fully saturated rings. The van der Waals surface area contributed by atoms with E-state index in [4.69, 9.17) is 4.74 Å². The molecule has 1 aromatic rings. The van der Waals surface area contributed by atoms with Crippen LogP contribution in [-0.4, -0.2) is 35.1 Å². The Bertz CT molecular complexity index is 472. The number of aliphatic hydroxyl groups is 1. The van der Waals surface area contributed by atoms with Crippen molar-refractivity contribution in [2.45, 2.75) is 32.2 Å². The molecule has 0 saturated carbocycles. The monoisotopic (exact) mass is 247 g/mol. The number of piperidine rings is 1. The fraction of sp³-hybridized carbons (Fsp3) is 0.500. The van der Waals surface area contributed by atoms with E-state index in [9.17, 15) is 9.90 Å². The van der Waals surface area contributed by atoms with E-state index in [2.05, 4.69) is 0 Å². The lowest BCUT2D eigenvalue weighted by Crippen LogP contribution is -2.42. The number of amides is 1. The fourth-order valence-corrected chi connectivity index (χ4v) is 2.63. The van der Waals surface area contributed by atoms with Crippen molar-refractivity contribution < 1.29 is 14.6 Å². The van der Waals surface area contributed by atoms with E-state index >= 15 is 0 Å². The maximum absolute atomic E-state index is 12.3. The highest BCUT2D eigenvalue weighted by Crippen LogP contribution is 2.22. The third kappa shape index (κ3) is 2.13. The molecular formula is C14H17NO3. The van der Waals surface area contributed by atoms with Crippen LogP contribution in [0.3, 0.4) is 0 Å². The molecule has 1 saturated heterocycles. The topological polar surface area (TPSA) is 49.8 Å². The minimum Gasteiger partial charge on any atom is -0.391 e. The first-order valence-electron chi connectivity index (χ1n) is 6.41. The van der Waals surface area contributed by atoms with E-state index in [0.717, 1.165) is 24.9 Å². The average molecular weight is 247 g/mol. The molecule has 0 bridgehead atoms. The van der Waals surface area contributed by atoms with E-state index < -0.39 is 0 Å². The summed E-state index contributed by atoms with van der Waals surface area (Å²) in [4.78, 5) is 14.1. The smallest absolute Gasteiger partial charge is 0.253 e. The Morgan fingerprint density at radius 2 is 2.17 bits per heavy atom. The van der Waals surface area contributed by atoms with Crippen LogP contribution in [0, 0.1) is 0 Å². The van der Waals surface area contributed by atoms with Crippen LogP contribution < -0.4 is 0 Å². The van der Waals surface area contributed by atoms with Crippen molar-refractivity contribution in [1.82, 2.24) is 4.90 Å². The third-order valence-corrected chi connectivity index (χ3v) is 3.65. The summed E-state index contributed by atoms with van der Waals surface area (Å²) in [6.45, 7) is 2.43. The Morgan fingerprint density at radius 3 is 3.00 bits per heavy atom. The third-order valence-electron chi connectivity index (χ3n) is 3.65. The highest BCUT2D eigenvalue weighted by molar-refractivity contribution is 5.94. The first-order valence-corrected chi connectivity index (χ1v) is 6.41. The van der Waals surface area contributed by atoms with Crippen molar-refractivity contribution in [3.63, 3.8) is 0 Å². The van der Waals surface area contributed by atoms with Gasteiger partial charge in [-0.1, -0.05) is 6.07 Å². The molecule has 1 amide bonds. The van der Waals surface area contributed by atoms with Crippen LogP contribution in [0.5, 0.6) is 0 Å². The first-order chi connectivity index (χ1) is 8.74. The van der Waals surface area contributed by atoms with Crippen molar-refractivity contribution in [2.75, 3.05) is 13.1 Å². The zero-order chi connectivity index (χ0) is 12.5. The molecule has 2 aliphatic rings. The number of benzene rings is 1. The summed E-state index contributed by atoms with van der Waals surface area (Å²) in [6.07, 6.45) is 1.29. The van der Waals surface area contributed by atoms with Gasteiger partial charge in [-0.15, -0.1) is 0 Å². The Morgan fingerprint density at radius 1 is 1.33 bits per heavy atom. The maximum atomic E-state index is 12.3. The van der Waals surface area contributed by atoms with Crippen LogP contribution >= 0.6 is 0 Å². The number of likely N-dealkylation sites (tertiary alicyclic amines) is 1. The molecule has 18 heavy (non-hydrogen) atoms. The molecule has 4 nitrogen and oxygen atoms in total. The molecule has 96 valence electrons. The maximum Gasteiger partial charge on any atom is 0.253 e. The molecule has 1 N–H and O–H groups in total. The van der Waals surface area contributed by atoms with E-state index in [1.165, 1.54) is 5.56 Å². The fourth-order valence-electron chi connectivity index (χ4n) is 2.63. The lowest BCUT2D eigenvalue weighted by Gasteiger charge is -2.30. The molecule has 2 heterocycles. The van der Waals surface area contributed by atoms with Crippen molar-refractivity contribution >= 4 is 5.91 Å². The zero-order valence-corrected chi connectivity index (χ0v) is 10.3. The summed E-state index contributed by atoms with van der Waals surface area (Å²) in [5, 5.41) is 9.62. The lowest BCUT2D eigenvalue weighted by atomic mass is 10.0. The number of nitrogens with zero attached hydrogens (tertiary/aromatic N) is 1. The van der Waals surface area contributed by atoms with Gasteiger partial charge in [-0.3, -0.25) is 4.79 Å². The Balaban J connectivity index is 1.79. The summed E-state index contributed by atoms with van der Waals surface area (Å²) < 4.78 is 5.35. The van der Waals surface area contributed by atoms with Crippen molar-refractivity contribution in [2.24, 2.45) is 0 Å². The first kappa shape index (κ1) is 11.7. The molecule has 0 radical (unpaired) electrons. The molecule has 0 aromatic heterocycles. The number of aliphatic hydroxyl groups excluding tert-OH is 1. The van der Waals surface area contributed by atoms with Crippen molar-refractivity contribution in [1.29, 1.82) is 0 Å². The van der Waals surface area contributed by atoms with Crippen LogP contribution in [0.2, 0.25) is 0 Å². The van der Waals surface area contributed by atoms with Gasteiger partial charge in [0.15, 0.2) is 0 Å². The molecule has 1 atom stereocenters. The van der Waals surface area contributed by atoms with Gasteiger partial charge in [0.25, 0.3) is 5.91 Å². The van der Waals surface area contributed by atoms with Crippen molar-refractivity contribution in [3.8, 4) is 0 Å². The summed E-state index contributed by atoms with van der Waals surface area (Å²) >= 11 is 0. The second-order valence-electron chi connectivity index (χ2n) is 5.02. The van der Waals surface area contributed by atoms with E-state index in [1.54, 1.807) is 4.90 Å². The van der Waals surface area contributed by atoms with Gasteiger partial charge in [0, 0.05) is 18.7 Å². The molecule has 1 aromatic carbocycles. The van der Waals surface area contributed by atoms with Gasteiger partial charge in [0.1, 0.15) is 0 Å². The normalized spacial score (nSPS) is 22.9. The highest BCUT2D eigenvalue weighted by Gasteiger charge is 2.24. The van der Waals surface area contributed by atoms with Gasteiger partial charge < -0.3 is 14.7 Å². The van der Waals surface area contributed by atoms with Gasteiger partial charge >= 0.3 is 0 Å². The van der Waals surface area contributed by atoms with Gasteiger partial charge in [0.05, 0.1) is 19.3 Å². The molecule has 0 spiro atoms. The lowest BCUT2D eigenvalue weighted by molar-refractivity contribution is 0.0473. The predicted octanol–water partition coefficient (Wildman–Crippen LogP) is 1.31. The van der Waals surface area contributed by atoms with Gasteiger partial charge in [-0.25, -0.2) is 0 Å². The quantitative estimate of drug-likeness (QED) is 0.814. The summed E-state index contributed by atoms with van der Waals surface area (Å²) in [7, 11) is 0. The number of ether oxygens (including phenoxy) is 1. The molecular weight excluding hydrogens is 230 g/mol. The minimum absolute atomic E-state index is 0.0171. The average Bonchev–Trinajstić information content (AvgIpc) is 2.85. The minimum atomic E-state index is -0.375. The summed E-state index contributed by atoms with van der Waals surface area (Å²) in [6, 6.07) is 5.75. The Kier molecular flexibility index (Phi) is 3.06. The number of β-amino-alcohol motifs (C(OH)–C–C–N with tert-alkyl or cyclic N) is 1. The van der Waals surface area contributed by atoms with Gasteiger partial charge in [-0.2, -0.15) is 0 Å². The standard InChI is InChI=1S/C14H17NO3/c16-13-2-1-5-15(7-13)14(17)10-3-4-11-8-18-9-12(11)6-10/h3-4,6,13,16H,1-2,5,7-9H2. The molecule has 2 aliphatic heterocycles. The molecule has 1 unspecified atom stereocenters. The number of rotatable bonds is 1. The van der Waals surface area contributed by atoms with Gasteiger partial charge in [0.2, 0.25) is 0 Å². The van der Waals surface area contributed by atoms with Crippen molar-refractivity contribution in [3.05, 3.63) is 34.9 Å². The number of hydrogen-bond acceptors (Lipinski definition) is 3. The SMILES string of the molecule is O=C(c1ccc2c(c1)COC2)N1CCCC(O)C1. The van der Waals surface area contributed by atoms with Gasteiger partial charge in [-0.05, 0) is 36.1 Å². The second kappa shape index (κ2) is 4.71. The van der Waals surface area contributed by atoms with E-state index in [-0.39, 0.29) is 12.0 Å². The highest BCUT2D eigenvalue weighted by atomic mass is 16.5. The van der Waals surface area contributed by atoms with Crippen LogP contribution in [0.15, 0.2) is 18.2 Å². The number of carbonyl (C=O) groups is 1. The molecule has 3 rings (SSSR count). The number of carbonyl (C=O) groups excluding carboxylic acids is 1. The van der Waals surface area contributed by atoms with Crippen LogP contribution in [-0.2, 0) is 18.0 Å². The summed E-state index contributed by atoms with van der Waals surface area (Å²) in [5.41, 5.74) is 2.98. The zero-order valence-electron chi connectivity index (χ0n) is 10.3. The van der Waals surface area contributed by atoms with E-state index in [1.807, 2.05) is 18.2 Å². The van der Waals surface area contributed by atoms with Crippen LogP contribution in [0.1, 0.15) is 34.3 Å². The largest absolute Gasteiger partial charge is 0.391 e. The Labute approximate surface area is 106 Å². The van der Waals surface area contributed by atoms with Crippen LogP contribution in [0.4, 0.5) is 0 Å².